The summed E-state index contributed by atoms with van der Waals surface area (Å²) in [7, 11) is 0. The van der Waals surface area contributed by atoms with E-state index in [1.54, 1.807) is 42.5 Å². The van der Waals surface area contributed by atoms with Crippen molar-refractivity contribution in [1.29, 1.82) is 0 Å². The lowest BCUT2D eigenvalue weighted by Crippen LogP contribution is -2.23. The normalized spacial score (nSPS) is 10.1. The number of carbonyl (C=O) groups excluding carboxylic acids is 2. The van der Waals surface area contributed by atoms with Crippen LogP contribution in [-0.2, 0) is 4.79 Å². The Morgan fingerprint density at radius 3 is 2.67 bits per heavy atom. The molecule has 2 aromatic carbocycles. The van der Waals surface area contributed by atoms with Gasteiger partial charge in [0.2, 0.25) is 0 Å². The molecule has 0 bridgehead atoms. The molecular formula is C18H19ClN2O3. The minimum atomic E-state index is -0.310. The first-order valence-electron chi connectivity index (χ1n) is 7.56. The quantitative estimate of drug-likeness (QED) is 0.842. The van der Waals surface area contributed by atoms with Crippen molar-refractivity contribution >= 4 is 29.1 Å². The van der Waals surface area contributed by atoms with Crippen LogP contribution < -0.4 is 15.4 Å². The molecule has 2 N–H and O–H groups in total. The Kier molecular flexibility index (Phi) is 6.21. The average Bonchev–Trinajstić information content (AvgIpc) is 2.56. The van der Waals surface area contributed by atoms with Crippen LogP contribution in [0.1, 0.15) is 22.8 Å². The first-order valence-corrected chi connectivity index (χ1v) is 7.94. The van der Waals surface area contributed by atoms with Gasteiger partial charge in [0.05, 0.1) is 0 Å². The zero-order valence-electron chi connectivity index (χ0n) is 13.6. The van der Waals surface area contributed by atoms with E-state index >= 15 is 0 Å². The first kappa shape index (κ1) is 17.8. The van der Waals surface area contributed by atoms with Crippen LogP contribution >= 0.6 is 11.6 Å². The molecule has 0 spiro atoms. The van der Waals surface area contributed by atoms with E-state index in [4.69, 9.17) is 16.3 Å². The van der Waals surface area contributed by atoms with Crippen molar-refractivity contribution in [2.24, 2.45) is 0 Å². The molecule has 0 aliphatic rings. The number of nitrogens with one attached hydrogen (secondary N) is 2. The smallest absolute Gasteiger partial charge is 0.262 e. The summed E-state index contributed by atoms with van der Waals surface area (Å²) < 4.78 is 5.44. The maximum Gasteiger partial charge on any atom is 0.262 e. The van der Waals surface area contributed by atoms with Gasteiger partial charge < -0.3 is 15.4 Å². The molecule has 0 aliphatic carbocycles. The van der Waals surface area contributed by atoms with Crippen LogP contribution in [0.3, 0.4) is 0 Å². The van der Waals surface area contributed by atoms with Gasteiger partial charge in [-0.2, -0.15) is 0 Å². The number of benzene rings is 2. The molecule has 5 nitrogen and oxygen atoms in total. The summed E-state index contributed by atoms with van der Waals surface area (Å²) in [5, 5.41) is 6.06. The van der Waals surface area contributed by atoms with Crippen molar-refractivity contribution in [3.8, 4) is 5.75 Å². The largest absolute Gasteiger partial charge is 0.484 e. The van der Waals surface area contributed by atoms with E-state index in [0.717, 1.165) is 5.56 Å². The Morgan fingerprint density at radius 2 is 1.96 bits per heavy atom. The van der Waals surface area contributed by atoms with Gasteiger partial charge in [-0.3, -0.25) is 9.59 Å². The predicted octanol–water partition coefficient (Wildman–Crippen LogP) is 3.42. The lowest BCUT2D eigenvalue weighted by Gasteiger charge is -2.09. The number of ether oxygens (including phenoxy) is 1. The second-order valence-corrected chi connectivity index (χ2v) is 5.60. The summed E-state index contributed by atoms with van der Waals surface area (Å²) in [6, 6.07) is 11.9. The number of amides is 2. The molecule has 0 unspecified atom stereocenters. The molecule has 24 heavy (non-hydrogen) atoms. The minimum Gasteiger partial charge on any atom is -0.484 e. The Hall–Kier alpha value is -2.53. The van der Waals surface area contributed by atoms with Gasteiger partial charge in [0, 0.05) is 22.8 Å². The van der Waals surface area contributed by atoms with Crippen LogP contribution in [0.5, 0.6) is 5.75 Å². The fourth-order valence-corrected chi connectivity index (χ4v) is 2.17. The van der Waals surface area contributed by atoms with Gasteiger partial charge in [0.25, 0.3) is 11.8 Å². The van der Waals surface area contributed by atoms with Crippen LogP contribution in [-0.4, -0.2) is 25.0 Å². The maximum atomic E-state index is 12.0. The Labute approximate surface area is 146 Å². The molecule has 2 amide bonds. The van der Waals surface area contributed by atoms with E-state index in [2.05, 4.69) is 10.6 Å². The van der Waals surface area contributed by atoms with E-state index in [9.17, 15) is 9.59 Å². The lowest BCUT2D eigenvalue weighted by atomic mass is 10.2. The molecule has 0 heterocycles. The third kappa shape index (κ3) is 4.99. The van der Waals surface area contributed by atoms with E-state index in [-0.39, 0.29) is 18.4 Å². The highest BCUT2D eigenvalue weighted by atomic mass is 35.5. The summed E-state index contributed by atoms with van der Waals surface area (Å²) in [6.45, 7) is 4.12. The molecule has 0 aliphatic heterocycles. The zero-order valence-corrected chi connectivity index (χ0v) is 14.3. The molecule has 126 valence electrons. The highest BCUT2D eigenvalue weighted by Crippen LogP contribution is 2.21. The van der Waals surface area contributed by atoms with Gasteiger partial charge >= 0.3 is 0 Å². The Bertz CT molecular complexity index is 747. The molecule has 2 aromatic rings. The van der Waals surface area contributed by atoms with E-state index in [1.807, 2.05) is 13.8 Å². The highest BCUT2D eigenvalue weighted by Gasteiger charge is 2.08. The number of anilines is 1. The standard InChI is InChI=1S/C18H19ClN2O3/c1-3-20-18(23)13-5-4-6-14(10-13)21-17(22)11-24-15-7-8-16(19)12(2)9-15/h4-10H,3,11H2,1-2H3,(H,20,23)(H,21,22). The van der Waals surface area contributed by atoms with E-state index in [1.165, 1.54) is 0 Å². The van der Waals surface area contributed by atoms with Gasteiger partial charge in [-0.15, -0.1) is 0 Å². The number of rotatable bonds is 6. The van der Waals surface area contributed by atoms with Crippen LogP contribution in [0.25, 0.3) is 0 Å². The summed E-state index contributed by atoms with van der Waals surface area (Å²) in [6.07, 6.45) is 0. The Balaban J connectivity index is 1.93. The average molecular weight is 347 g/mol. The fourth-order valence-electron chi connectivity index (χ4n) is 2.05. The molecular weight excluding hydrogens is 328 g/mol. The van der Waals surface area contributed by atoms with E-state index < -0.39 is 0 Å². The minimum absolute atomic E-state index is 0.132. The number of aryl methyl sites for hydroxylation is 1. The summed E-state index contributed by atoms with van der Waals surface area (Å²) >= 11 is 5.95. The lowest BCUT2D eigenvalue weighted by molar-refractivity contribution is -0.118. The van der Waals surface area contributed by atoms with Crippen molar-refractivity contribution < 1.29 is 14.3 Å². The summed E-state index contributed by atoms with van der Waals surface area (Å²) in [5.74, 6) is 0.0836. The first-order chi connectivity index (χ1) is 11.5. The summed E-state index contributed by atoms with van der Waals surface area (Å²) in [5.41, 5.74) is 1.91. The number of carbonyl (C=O) groups is 2. The van der Waals surface area contributed by atoms with Crippen molar-refractivity contribution in [2.45, 2.75) is 13.8 Å². The molecule has 0 atom stereocenters. The highest BCUT2D eigenvalue weighted by molar-refractivity contribution is 6.31. The van der Waals surface area contributed by atoms with Gasteiger partial charge in [0.1, 0.15) is 5.75 Å². The molecule has 6 heteroatoms. The SMILES string of the molecule is CCNC(=O)c1cccc(NC(=O)COc2ccc(Cl)c(C)c2)c1. The van der Waals surface area contributed by atoms with Gasteiger partial charge in [-0.05, 0) is 55.8 Å². The number of hydrogen-bond donors (Lipinski definition) is 2. The second-order valence-electron chi connectivity index (χ2n) is 5.19. The fraction of sp³-hybridized carbons (Fsp3) is 0.222. The predicted molar refractivity (Wildman–Crippen MR) is 94.8 cm³/mol. The van der Waals surface area contributed by atoms with Crippen molar-refractivity contribution in [3.63, 3.8) is 0 Å². The Morgan fingerprint density at radius 1 is 1.17 bits per heavy atom. The second kappa shape index (κ2) is 8.36. The van der Waals surface area contributed by atoms with Crippen molar-refractivity contribution in [1.82, 2.24) is 5.32 Å². The molecule has 0 fully saturated rings. The van der Waals surface area contributed by atoms with Crippen LogP contribution in [0, 0.1) is 6.92 Å². The monoisotopic (exact) mass is 346 g/mol. The van der Waals surface area contributed by atoms with E-state index in [0.29, 0.717) is 28.6 Å². The third-order valence-electron chi connectivity index (χ3n) is 3.25. The van der Waals surface area contributed by atoms with Gasteiger partial charge in [-0.1, -0.05) is 17.7 Å². The molecule has 0 aromatic heterocycles. The topological polar surface area (TPSA) is 67.4 Å². The summed E-state index contributed by atoms with van der Waals surface area (Å²) in [4.78, 5) is 23.8. The van der Waals surface area contributed by atoms with Crippen LogP contribution in [0.2, 0.25) is 5.02 Å². The number of halogens is 1. The maximum absolute atomic E-state index is 12.0. The molecule has 0 radical (unpaired) electrons. The molecule has 0 saturated carbocycles. The zero-order chi connectivity index (χ0) is 17.5. The van der Waals surface area contributed by atoms with Crippen LogP contribution in [0.4, 0.5) is 5.69 Å². The number of hydrogen-bond acceptors (Lipinski definition) is 3. The van der Waals surface area contributed by atoms with Gasteiger partial charge in [0.15, 0.2) is 6.61 Å². The van der Waals surface area contributed by atoms with Crippen molar-refractivity contribution in [2.75, 3.05) is 18.5 Å². The van der Waals surface area contributed by atoms with Crippen LogP contribution in [0.15, 0.2) is 42.5 Å². The van der Waals surface area contributed by atoms with Gasteiger partial charge in [-0.25, -0.2) is 0 Å². The third-order valence-corrected chi connectivity index (χ3v) is 3.67. The van der Waals surface area contributed by atoms with Crippen molar-refractivity contribution in [3.05, 3.63) is 58.6 Å². The molecule has 2 rings (SSSR count). The molecule has 0 saturated heterocycles.